The Morgan fingerprint density at radius 2 is 1.77 bits per heavy atom. The minimum atomic E-state index is 0.700. The zero-order chi connectivity index (χ0) is 10.3. The number of nitrogens with zero attached hydrogens (tertiary/aromatic N) is 1. The van der Waals surface area contributed by atoms with Crippen LogP contribution in [0.3, 0.4) is 0 Å². The van der Waals surface area contributed by atoms with Gasteiger partial charge in [-0.2, -0.15) is 0 Å². The lowest BCUT2D eigenvalue weighted by Crippen LogP contribution is -2.32. The standard InChI is InChI=1S/C11H26N2/c1-10(2)7-9-13(5)11(3)6-8-12-4/h10-12H,6-9H2,1-5H3. The topological polar surface area (TPSA) is 15.3 Å². The monoisotopic (exact) mass is 186 g/mol. The maximum Gasteiger partial charge on any atom is 0.00759 e. The van der Waals surface area contributed by atoms with E-state index in [0.29, 0.717) is 6.04 Å². The minimum absolute atomic E-state index is 0.700. The third-order valence-electron chi connectivity index (χ3n) is 2.62. The summed E-state index contributed by atoms with van der Waals surface area (Å²) < 4.78 is 0. The molecule has 0 rings (SSSR count). The number of rotatable bonds is 7. The van der Waals surface area contributed by atoms with Crippen LogP contribution in [-0.4, -0.2) is 38.1 Å². The highest BCUT2D eigenvalue weighted by molar-refractivity contribution is 4.64. The van der Waals surface area contributed by atoms with Crippen molar-refractivity contribution >= 4 is 0 Å². The molecular formula is C11H26N2. The molecule has 0 aromatic rings. The largest absolute Gasteiger partial charge is 0.320 e. The Balaban J connectivity index is 3.50. The van der Waals surface area contributed by atoms with E-state index in [0.717, 1.165) is 12.5 Å². The van der Waals surface area contributed by atoms with Gasteiger partial charge < -0.3 is 10.2 Å². The van der Waals surface area contributed by atoms with Gasteiger partial charge in [-0.3, -0.25) is 0 Å². The van der Waals surface area contributed by atoms with Crippen LogP contribution in [0.15, 0.2) is 0 Å². The van der Waals surface area contributed by atoms with E-state index in [1.54, 1.807) is 0 Å². The SMILES string of the molecule is CNCCC(C)N(C)CCC(C)C. The molecule has 2 heteroatoms. The normalized spacial score (nSPS) is 14.1. The first kappa shape index (κ1) is 12.9. The van der Waals surface area contributed by atoms with Crippen LogP contribution in [0.2, 0.25) is 0 Å². The van der Waals surface area contributed by atoms with Gasteiger partial charge in [-0.15, -0.1) is 0 Å². The van der Waals surface area contributed by atoms with E-state index in [1.165, 1.54) is 19.4 Å². The Hall–Kier alpha value is -0.0800. The van der Waals surface area contributed by atoms with E-state index < -0.39 is 0 Å². The maximum atomic E-state index is 3.19. The number of nitrogens with one attached hydrogen (secondary N) is 1. The highest BCUT2D eigenvalue weighted by Crippen LogP contribution is 2.05. The molecule has 0 aromatic carbocycles. The van der Waals surface area contributed by atoms with Gasteiger partial charge in [-0.1, -0.05) is 13.8 Å². The maximum absolute atomic E-state index is 3.19. The molecule has 0 saturated carbocycles. The van der Waals surface area contributed by atoms with Gasteiger partial charge in [0.15, 0.2) is 0 Å². The second kappa shape index (κ2) is 7.34. The summed E-state index contributed by atoms with van der Waals surface area (Å²) in [5.74, 6) is 0.818. The van der Waals surface area contributed by atoms with Crippen LogP contribution in [0.1, 0.15) is 33.6 Å². The van der Waals surface area contributed by atoms with Gasteiger partial charge in [0.1, 0.15) is 0 Å². The van der Waals surface area contributed by atoms with Gasteiger partial charge in [0, 0.05) is 6.04 Å². The van der Waals surface area contributed by atoms with Crippen LogP contribution in [0.4, 0.5) is 0 Å². The molecule has 1 N–H and O–H groups in total. The molecule has 0 amide bonds. The van der Waals surface area contributed by atoms with Crippen molar-refractivity contribution < 1.29 is 0 Å². The molecule has 0 aliphatic rings. The van der Waals surface area contributed by atoms with Crippen LogP contribution < -0.4 is 5.32 Å². The molecule has 0 spiro atoms. The summed E-state index contributed by atoms with van der Waals surface area (Å²) in [7, 11) is 4.24. The Kier molecular flexibility index (Phi) is 7.29. The lowest BCUT2D eigenvalue weighted by Gasteiger charge is -2.25. The van der Waals surface area contributed by atoms with Crippen molar-refractivity contribution in [2.24, 2.45) is 5.92 Å². The first-order valence-corrected chi connectivity index (χ1v) is 5.42. The Morgan fingerprint density at radius 3 is 2.23 bits per heavy atom. The van der Waals surface area contributed by atoms with E-state index >= 15 is 0 Å². The second-order valence-corrected chi connectivity index (χ2v) is 4.40. The van der Waals surface area contributed by atoms with Crippen molar-refractivity contribution in [3.63, 3.8) is 0 Å². The van der Waals surface area contributed by atoms with E-state index in [-0.39, 0.29) is 0 Å². The molecule has 13 heavy (non-hydrogen) atoms. The fourth-order valence-corrected chi connectivity index (χ4v) is 1.26. The lowest BCUT2D eigenvalue weighted by atomic mass is 10.1. The van der Waals surface area contributed by atoms with Crippen molar-refractivity contribution in [3.8, 4) is 0 Å². The van der Waals surface area contributed by atoms with Crippen LogP contribution >= 0.6 is 0 Å². The van der Waals surface area contributed by atoms with Gasteiger partial charge in [0.2, 0.25) is 0 Å². The molecule has 0 fully saturated rings. The molecule has 2 nitrogen and oxygen atoms in total. The van der Waals surface area contributed by atoms with Gasteiger partial charge in [-0.05, 0) is 52.9 Å². The van der Waals surface area contributed by atoms with Crippen molar-refractivity contribution in [1.29, 1.82) is 0 Å². The summed E-state index contributed by atoms with van der Waals surface area (Å²) in [6, 6.07) is 0.700. The van der Waals surface area contributed by atoms with E-state index in [4.69, 9.17) is 0 Å². The summed E-state index contributed by atoms with van der Waals surface area (Å²) >= 11 is 0. The molecule has 0 bridgehead atoms. The molecular weight excluding hydrogens is 160 g/mol. The van der Waals surface area contributed by atoms with Gasteiger partial charge in [-0.25, -0.2) is 0 Å². The molecule has 1 atom stereocenters. The quantitative estimate of drug-likeness (QED) is 0.654. The number of hydrogen-bond donors (Lipinski definition) is 1. The molecule has 0 aliphatic carbocycles. The summed E-state index contributed by atoms with van der Waals surface area (Å²) in [5.41, 5.74) is 0. The first-order valence-electron chi connectivity index (χ1n) is 5.42. The summed E-state index contributed by atoms with van der Waals surface area (Å²) in [4.78, 5) is 2.46. The molecule has 80 valence electrons. The highest BCUT2D eigenvalue weighted by Gasteiger charge is 2.08. The molecule has 0 aromatic heterocycles. The summed E-state index contributed by atoms with van der Waals surface area (Å²) in [6.07, 6.45) is 2.55. The third kappa shape index (κ3) is 7.03. The Bertz CT molecular complexity index is 113. The Labute approximate surface area is 83.7 Å². The van der Waals surface area contributed by atoms with Gasteiger partial charge >= 0.3 is 0 Å². The smallest absolute Gasteiger partial charge is 0.00759 e. The fourth-order valence-electron chi connectivity index (χ4n) is 1.26. The lowest BCUT2D eigenvalue weighted by molar-refractivity contribution is 0.233. The number of hydrogen-bond acceptors (Lipinski definition) is 2. The van der Waals surface area contributed by atoms with E-state index in [9.17, 15) is 0 Å². The van der Waals surface area contributed by atoms with Crippen molar-refractivity contribution in [1.82, 2.24) is 10.2 Å². The average Bonchev–Trinajstić information content (AvgIpc) is 2.10. The summed E-state index contributed by atoms with van der Waals surface area (Å²) in [6.45, 7) is 9.21. The molecule has 0 saturated heterocycles. The van der Waals surface area contributed by atoms with E-state index in [2.05, 4.69) is 38.0 Å². The third-order valence-corrected chi connectivity index (χ3v) is 2.62. The predicted molar refractivity (Wildman–Crippen MR) is 60.1 cm³/mol. The van der Waals surface area contributed by atoms with Crippen molar-refractivity contribution in [3.05, 3.63) is 0 Å². The van der Waals surface area contributed by atoms with Gasteiger partial charge in [0.25, 0.3) is 0 Å². The van der Waals surface area contributed by atoms with Crippen LogP contribution in [0.5, 0.6) is 0 Å². The first-order chi connectivity index (χ1) is 6.07. The van der Waals surface area contributed by atoms with Crippen LogP contribution in [-0.2, 0) is 0 Å². The predicted octanol–water partition coefficient (Wildman–Crippen LogP) is 1.96. The minimum Gasteiger partial charge on any atom is -0.320 e. The zero-order valence-electron chi connectivity index (χ0n) is 9.93. The second-order valence-electron chi connectivity index (χ2n) is 4.40. The van der Waals surface area contributed by atoms with Crippen LogP contribution in [0.25, 0.3) is 0 Å². The zero-order valence-corrected chi connectivity index (χ0v) is 9.93. The fraction of sp³-hybridized carbons (Fsp3) is 1.00. The Morgan fingerprint density at radius 1 is 1.15 bits per heavy atom. The van der Waals surface area contributed by atoms with Crippen molar-refractivity contribution in [2.45, 2.75) is 39.7 Å². The molecule has 1 unspecified atom stereocenters. The molecule has 0 radical (unpaired) electrons. The average molecular weight is 186 g/mol. The van der Waals surface area contributed by atoms with Gasteiger partial charge in [0.05, 0.1) is 0 Å². The summed E-state index contributed by atoms with van der Waals surface area (Å²) in [5, 5.41) is 3.19. The molecule has 0 aliphatic heterocycles. The molecule has 0 heterocycles. The van der Waals surface area contributed by atoms with Crippen molar-refractivity contribution in [2.75, 3.05) is 27.2 Å². The highest BCUT2D eigenvalue weighted by atomic mass is 15.1. The van der Waals surface area contributed by atoms with E-state index in [1.807, 2.05) is 7.05 Å². The van der Waals surface area contributed by atoms with Crippen LogP contribution in [0, 0.1) is 5.92 Å².